The van der Waals surface area contributed by atoms with Crippen molar-refractivity contribution in [3.8, 4) is 5.75 Å². The Bertz CT molecular complexity index is 850. The third-order valence-corrected chi connectivity index (χ3v) is 4.80. The molecule has 0 unspecified atom stereocenters. The van der Waals surface area contributed by atoms with Crippen LogP contribution in [0.5, 0.6) is 5.75 Å². The molecule has 0 radical (unpaired) electrons. The molecule has 2 N–H and O–H groups in total. The van der Waals surface area contributed by atoms with Gasteiger partial charge in [0.05, 0.1) is 22.5 Å². The molecule has 0 saturated carbocycles. The molecule has 3 aromatic rings. The second-order valence-corrected chi connectivity index (χ2v) is 6.87. The Labute approximate surface area is 150 Å². The smallest absolute Gasteiger partial charge is 0.190 e. The van der Waals surface area contributed by atoms with Crippen molar-refractivity contribution in [3.63, 3.8) is 0 Å². The number of para-hydroxylation sites is 2. The Morgan fingerprint density at radius 3 is 2.71 bits per heavy atom. The van der Waals surface area contributed by atoms with E-state index in [1.165, 1.54) is 11.1 Å². The van der Waals surface area contributed by atoms with Crippen molar-refractivity contribution in [2.75, 3.05) is 17.2 Å². The van der Waals surface area contributed by atoms with Crippen LogP contribution in [0.3, 0.4) is 0 Å². The van der Waals surface area contributed by atoms with E-state index in [2.05, 4.69) is 41.6 Å². The van der Waals surface area contributed by atoms with Crippen molar-refractivity contribution in [1.29, 1.82) is 0 Å². The number of hydrogen-bond donors (Lipinski definition) is 2. The van der Waals surface area contributed by atoms with Gasteiger partial charge in [0, 0.05) is 0 Å². The fourth-order valence-electron chi connectivity index (χ4n) is 2.34. The average Bonchev–Trinajstić information content (AvgIpc) is 2.91. The summed E-state index contributed by atoms with van der Waals surface area (Å²) in [6, 6.07) is 12.0. The lowest BCUT2D eigenvalue weighted by atomic mass is 10.1. The van der Waals surface area contributed by atoms with E-state index in [0.29, 0.717) is 11.7 Å². The molecule has 1 aromatic heterocycles. The molecule has 0 aliphatic rings. The van der Waals surface area contributed by atoms with Crippen LogP contribution in [0.4, 0.5) is 10.8 Å². The van der Waals surface area contributed by atoms with Gasteiger partial charge in [0.1, 0.15) is 5.75 Å². The Morgan fingerprint density at radius 1 is 1.17 bits per heavy atom. The molecule has 0 atom stereocenters. The highest BCUT2D eigenvalue weighted by Crippen LogP contribution is 2.29. The number of anilines is 2. The molecule has 124 valence electrons. The lowest BCUT2D eigenvalue weighted by Crippen LogP contribution is -2.19. The second kappa shape index (κ2) is 7.15. The molecule has 0 saturated heterocycles. The van der Waals surface area contributed by atoms with Gasteiger partial charge in [0.15, 0.2) is 10.2 Å². The molecule has 2 aromatic carbocycles. The molecule has 0 spiro atoms. The number of hydrogen-bond acceptors (Lipinski definition) is 4. The fraction of sp³-hybridized carbons (Fsp3) is 0.222. The Morgan fingerprint density at radius 2 is 1.92 bits per heavy atom. The van der Waals surface area contributed by atoms with Crippen LogP contribution in [0, 0.1) is 13.8 Å². The molecule has 24 heavy (non-hydrogen) atoms. The highest BCUT2D eigenvalue weighted by atomic mass is 32.1. The van der Waals surface area contributed by atoms with E-state index in [4.69, 9.17) is 17.0 Å². The van der Waals surface area contributed by atoms with E-state index in [-0.39, 0.29) is 0 Å². The van der Waals surface area contributed by atoms with Crippen LogP contribution in [0.25, 0.3) is 10.2 Å². The van der Waals surface area contributed by atoms with Crippen LogP contribution in [0.1, 0.15) is 18.1 Å². The molecular weight excluding hydrogens is 338 g/mol. The topological polar surface area (TPSA) is 46.2 Å². The summed E-state index contributed by atoms with van der Waals surface area (Å²) in [7, 11) is 0. The molecule has 6 heteroatoms. The van der Waals surface area contributed by atoms with Gasteiger partial charge >= 0.3 is 0 Å². The zero-order valence-electron chi connectivity index (χ0n) is 13.8. The number of fused-ring (bicyclic) bond motifs is 1. The minimum atomic E-state index is 0.495. The van der Waals surface area contributed by atoms with Crippen LogP contribution in [0.2, 0.25) is 0 Å². The van der Waals surface area contributed by atoms with E-state index in [0.717, 1.165) is 26.8 Å². The number of aromatic nitrogens is 1. The normalized spacial score (nSPS) is 10.6. The predicted octanol–water partition coefficient (Wildman–Crippen LogP) is 5.12. The molecule has 3 rings (SSSR count). The first-order valence-corrected chi connectivity index (χ1v) is 8.97. The van der Waals surface area contributed by atoms with E-state index < -0.39 is 0 Å². The minimum absolute atomic E-state index is 0.495. The molecule has 0 aliphatic carbocycles. The van der Waals surface area contributed by atoms with Gasteiger partial charge in [-0.25, -0.2) is 4.98 Å². The highest BCUT2D eigenvalue weighted by Gasteiger charge is 2.09. The largest absolute Gasteiger partial charge is 0.492 e. The predicted molar refractivity (Wildman–Crippen MR) is 107 cm³/mol. The van der Waals surface area contributed by atoms with Gasteiger partial charge in [0.25, 0.3) is 0 Å². The Hall–Kier alpha value is -2.18. The number of nitrogens with one attached hydrogen (secondary N) is 2. The summed E-state index contributed by atoms with van der Waals surface area (Å²) in [6.07, 6.45) is 0. The van der Waals surface area contributed by atoms with Crippen LogP contribution in [-0.4, -0.2) is 16.7 Å². The minimum Gasteiger partial charge on any atom is -0.492 e. The van der Waals surface area contributed by atoms with Crippen molar-refractivity contribution < 1.29 is 4.74 Å². The quantitative estimate of drug-likeness (QED) is 0.635. The maximum Gasteiger partial charge on any atom is 0.190 e. The molecule has 4 nitrogen and oxygen atoms in total. The number of benzene rings is 2. The maximum absolute atomic E-state index is 5.60. The van der Waals surface area contributed by atoms with Crippen molar-refractivity contribution in [2.45, 2.75) is 20.8 Å². The summed E-state index contributed by atoms with van der Waals surface area (Å²) in [6.45, 7) is 6.77. The van der Waals surface area contributed by atoms with Gasteiger partial charge in [-0.2, -0.15) is 0 Å². The molecule has 0 amide bonds. The number of rotatable bonds is 4. The standard InChI is InChI=1S/C18H19N3OS2/c1-4-22-15-8-6-5-7-13(15)19-17(23)21-18-20-14-9-11(2)12(3)10-16(14)24-18/h5-10H,4H2,1-3H3,(H2,19,20,21,23). The third-order valence-electron chi connectivity index (χ3n) is 3.66. The van der Waals surface area contributed by atoms with Crippen molar-refractivity contribution in [2.24, 2.45) is 0 Å². The first-order chi connectivity index (χ1) is 11.6. The number of nitrogens with zero attached hydrogens (tertiary/aromatic N) is 1. The van der Waals surface area contributed by atoms with Crippen molar-refractivity contribution in [3.05, 3.63) is 47.5 Å². The van der Waals surface area contributed by atoms with E-state index in [1.807, 2.05) is 31.2 Å². The van der Waals surface area contributed by atoms with Crippen molar-refractivity contribution in [1.82, 2.24) is 4.98 Å². The summed E-state index contributed by atoms with van der Waals surface area (Å²) >= 11 is 7.00. The third kappa shape index (κ3) is 3.66. The molecule has 0 bridgehead atoms. The van der Waals surface area contributed by atoms with Crippen LogP contribution in [-0.2, 0) is 0 Å². The molecule has 0 fully saturated rings. The summed E-state index contributed by atoms with van der Waals surface area (Å²) < 4.78 is 6.75. The molecular formula is C18H19N3OS2. The van der Waals surface area contributed by atoms with Gasteiger partial charge in [-0.05, 0) is 68.4 Å². The zero-order chi connectivity index (χ0) is 17.1. The Kier molecular flexibility index (Phi) is 4.97. The summed E-state index contributed by atoms with van der Waals surface area (Å²) in [5, 5.41) is 7.61. The maximum atomic E-state index is 5.60. The lowest BCUT2D eigenvalue weighted by Gasteiger charge is -2.12. The van der Waals surface area contributed by atoms with Crippen LogP contribution < -0.4 is 15.4 Å². The fourth-order valence-corrected chi connectivity index (χ4v) is 3.56. The molecule has 0 aliphatic heterocycles. The van der Waals surface area contributed by atoms with Crippen LogP contribution >= 0.6 is 23.6 Å². The first kappa shape index (κ1) is 16.7. The monoisotopic (exact) mass is 357 g/mol. The SMILES string of the molecule is CCOc1ccccc1NC(=S)Nc1nc2cc(C)c(C)cc2s1. The summed E-state index contributed by atoms with van der Waals surface area (Å²) in [4.78, 5) is 4.60. The number of ether oxygens (including phenoxy) is 1. The van der Waals surface area contributed by atoms with Gasteiger partial charge in [0.2, 0.25) is 0 Å². The van der Waals surface area contributed by atoms with Crippen molar-refractivity contribution >= 4 is 49.7 Å². The number of aryl methyl sites for hydroxylation is 2. The zero-order valence-corrected chi connectivity index (χ0v) is 15.5. The van der Waals surface area contributed by atoms with Gasteiger partial charge in [-0.3, -0.25) is 0 Å². The van der Waals surface area contributed by atoms with E-state index in [1.54, 1.807) is 11.3 Å². The van der Waals surface area contributed by atoms with Gasteiger partial charge in [-0.1, -0.05) is 23.5 Å². The lowest BCUT2D eigenvalue weighted by molar-refractivity contribution is 0.342. The summed E-state index contributed by atoms with van der Waals surface area (Å²) in [5.41, 5.74) is 4.34. The van der Waals surface area contributed by atoms with Gasteiger partial charge < -0.3 is 15.4 Å². The average molecular weight is 358 g/mol. The first-order valence-electron chi connectivity index (χ1n) is 7.74. The number of thiocarbonyl (C=S) groups is 1. The van der Waals surface area contributed by atoms with Crippen LogP contribution in [0.15, 0.2) is 36.4 Å². The molecule has 1 heterocycles. The second-order valence-electron chi connectivity index (χ2n) is 5.43. The summed E-state index contributed by atoms with van der Waals surface area (Å²) in [5.74, 6) is 0.777. The van der Waals surface area contributed by atoms with Gasteiger partial charge in [-0.15, -0.1) is 0 Å². The van der Waals surface area contributed by atoms with E-state index in [9.17, 15) is 0 Å². The van der Waals surface area contributed by atoms with E-state index >= 15 is 0 Å². The Balaban J connectivity index is 1.75. The highest BCUT2D eigenvalue weighted by molar-refractivity contribution is 7.80. The number of thiazole rings is 1.